The molecule has 3 aliphatic rings. The van der Waals surface area contributed by atoms with Crippen LogP contribution in [0.5, 0.6) is 0 Å². The molecule has 2 aliphatic carbocycles. The van der Waals surface area contributed by atoms with Gasteiger partial charge in [-0.15, -0.1) is 0 Å². The molecule has 4 N–H and O–H groups in total. The molecule has 2 saturated carbocycles. The number of likely N-dealkylation sites (tertiary alicyclic amines) is 1. The topological polar surface area (TPSA) is 92.0 Å². The molecule has 27 heavy (non-hydrogen) atoms. The number of amides is 1. The van der Waals surface area contributed by atoms with Crippen molar-refractivity contribution in [3.63, 3.8) is 0 Å². The monoisotopic (exact) mass is 379 g/mol. The van der Waals surface area contributed by atoms with E-state index in [0.29, 0.717) is 24.7 Å². The molecule has 0 radical (unpaired) electrons. The number of carbonyl (C=O) groups is 1. The molecular weight excluding hydrogens is 342 g/mol. The maximum Gasteiger partial charge on any atom is 0.231 e. The molecule has 154 valence electrons. The van der Waals surface area contributed by atoms with Crippen molar-refractivity contribution >= 4 is 11.9 Å². The van der Waals surface area contributed by atoms with E-state index in [9.17, 15) is 4.79 Å². The highest BCUT2D eigenvalue weighted by molar-refractivity contribution is 5.80. The van der Waals surface area contributed by atoms with Gasteiger partial charge in [0.25, 0.3) is 0 Å². The first-order valence-electron chi connectivity index (χ1n) is 10.7. The Hall–Kier alpha value is -1.34. The lowest BCUT2D eigenvalue weighted by molar-refractivity contribution is -0.145. The van der Waals surface area contributed by atoms with Gasteiger partial charge in [0.1, 0.15) is 0 Å². The maximum atomic E-state index is 11.1. The number of primary amides is 1. The molecule has 0 aromatic rings. The molecule has 0 bridgehead atoms. The zero-order valence-electron chi connectivity index (χ0n) is 17.0. The average Bonchev–Trinajstić information content (AvgIpc) is 2.68. The Labute approximate surface area is 163 Å². The van der Waals surface area contributed by atoms with Crippen molar-refractivity contribution in [1.82, 2.24) is 15.5 Å². The van der Waals surface area contributed by atoms with Crippen molar-refractivity contribution in [3.8, 4) is 0 Å². The van der Waals surface area contributed by atoms with Gasteiger partial charge in [0.2, 0.25) is 5.91 Å². The van der Waals surface area contributed by atoms with Crippen molar-refractivity contribution in [2.45, 2.75) is 76.5 Å². The Bertz CT molecular complexity index is 524. The maximum absolute atomic E-state index is 11.1. The highest BCUT2D eigenvalue weighted by Gasteiger charge is 2.55. The van der Waals surface area contributed by atoms with Crippen LogP contribution in [0.15, 0.2) is 4.99 Å². The summed E-state index contributed by atoms with van der Waals surface area (Å²) in [5, 5.41) is 7.32. The van der Waals surface area contributed by atoms with Gasteiger partial charge in [-0.3, -0.25) is 14.7 Å². The van der Waals surface area contributed by atoms with Crippen LogP contribution in [0.25, 0.3) is 0 Å². The first-order chi connectivity index (χ1) is 13.1. The number of rotatable bonds is 6. The molecule has 1 saturated heterocycles. The summed E-state index contributed by atoms with van der Waals surface area (Å²) in [6.45, 7) is 5.07. The first-order valence-corrected chi connectivity index (χ1v) is 10.7. The number of hydrogen-bond donors (Lipinski definition) is 3. The van der Waals surface area contributed by atoms with Gasteiger partial charge in [-0.25, -0.2) is 0 Å². The van der Waals surface area contributed by atoms with Crippen LogP contribution in [-0.4, -0.2) is 68.2 Å². The summed E-state index contributed by atoms with van der Waals surface area (Å²) >= 11 is 0. The quantitative estimate of drug-likeness (QED) is 0.477. The molecule has 2 unspecified atom stereocenters. The molecule has 1 aliphatic heterocycles. The minimum absolute atomic E-state index is 0.245. The number of guanidine groups is 1. The van der Waals surface area contributed by atoms with E-state index in [0.717, 1.165) is 44.9 Å². The smallest absolute Gasteiger partial charge is 0.231 e. The minimum Gasteiger partial charge on any atom is -0.378 e. The van der Waals surface area contributed by atoms with E-state index < -0.39 is 0 Å². The van der Waals surface area contributed by atoms with Crippen LogP contribution in [0.2, 0.25) is 0 Å². The Morgan fingerprint density at radius 3 is 2.52 bits per heavy atom. The van der Waals surface area contributed by atoms with Crippen LogP contribution in [0, 0.1) is 5.41 Å². The van der Waals surface area contributed by atoms with Crippen LogP contribution in [-0.2, 0) is 9.53 Å². The second-order valence-corrected chi connectivity index (χ2v) is 8.40. The average molecular weight is 380 g/mol. The van der Waals surface area contributed by atoms with E-state index in [2.05, 4.69) is 27.4 Å². The van der Waals surface area contributed by atoms with Gasteiger partial charge >= 0.3 is 0 Å². The lowest BCUT2D eigenvalue weighted by Gasteiger charge is -2.58. The zero-order chi connectivity index (χ0) is 19.3. The van der Waals surface area contributed by atoms with E-state index in [-0.39, 0.29) is 11.3 Å². The Morgan fingerprint density at radius 2 is 1.93 bits per heavy atom. The largest absolute Gasteiger partial charge is 0.378 e. The van der Waals surface area contributed by atoms with E-state index in [4.69, 9.17) is 10.5 Å². The molecule has 1 heterocycles. The van der Waals surface area contributed by atoms with Gasteiger partial charge in [-0.2, -0.15) is 0 Å². The van der Waals surface area contributed by atoms with Gasteiger partial charge < -0.3 is 21.1 Å². The Balaban J connectivity index is 1.51. The molecule has 1 amide bonds. The van der Waals surface area contributed by atoms with Crippen molar-refractivity contribution in [2.75, 3.05) is 33.3 Å². The molecule has 3 fully saturated rings. The lowest BCUT2D eigenvalue weighted by atomic mass is 9.55. The summed E-state index contributed by atoms with van der Waals surface area (Å²) in [6, 6.07) is 0.848. The van der Waals surface area contributed by atoms with Crippen LogP contribution >= 0.6 is 0 Å². The number of carbonyl (C=O) groups excluding carboxylic acids is 1. The number of ether oxygens (including phenoxy) is 1. The highest BCUT2D eigenvalue weighted by Crippen LogP contribution is 2.53. The van der Waals surface area contributed by atoms with E-state index in [1.54, 1.807) is 0 Å². The number of hydrogen-bond acceptors (Lipinski definition) is 4. The summed E-state index contributed by atoms with van der Waals surface area (Å²) in [7, 11) is 1.85. The third-order valence-electron chi connectivity index (χ3n) is 6.78. The fraction of sp³-hybridized carbons (Fsp3) is 0.900. The van der Waals surface area contributed by atoms with Crippen LogP contribution in [0.1, 0.15) is 58.3 Å². The number of nitrogens with zero attached hydrogens (tertiary/aromatic N) is 2. The summed E-state index contributed by atoms with van der Waals surface area (Å²) < 4.78 is 6.07. The van der Waals surface area contributed by atoms with Crippen LogP contribution in [0.3, 0.4) is 0 Å². The lowest BCUT2D eigenvalue weighted by Crippen LogP contribution is -2.67. The number of piperidine rings is 1. The SMILES string of the molecule is CCOC1CC(NC(=NC)NC2CCN(CC(N)=O)CC2)C12CCCCC2. The van der Waals surface area contributed by atoms with Crippen molar-refractivity contribution in [3.05, 3.63) is 0 Å². The fourth-order valence-corrected chi connectivity index (χ4v) is 5.25. The summed E-state index contributed by atoms with van der Waals surface area (Å²) in [5.74, 6) is 0.666. The van der Waals surface area contributed by atoms with Crippen LogP contribution in [0.4, 0.5) is 0 Å². The fourth-order valence-electron chi connectivity index (χ4n) is 5.25. The van der Waals surface area contributed by atoms with Crippen LogP contribution < -0.4 is 16.4 Å². The minimum atomic E-state index is -0.245. The number of aliphatic imine (C=N–C) groups is 1. The number of nitrogens with one attached hydrogen (secondary N) is 2. The summed E-state index contributed by atoms with van der Waals surface area (Å²) in [5.41, 5.74) is 5.59. The third-order valence-corrected chi connectivity index (χ3v) is 6.78. The molecule has 0 aromatic heterocycles. The van der Waals surface area contributed by atoms with Gasteiger partial charge in [-0.1, -0.05) is 19.3 Å². The Kier molecular flexibility index (Phi) is 6.98. The van der Waals surface area contributed by atoms with Gasteiger partial charge in [0, 0.05) is 44.2 Å². The summed E-state index contributed by atoms with van der Waals surface area (Å²) in [4.78, 5) is 17.7. The normalized spacial score (nSPS) is 29.3. The van der Waals surface area contributed by atoms with Gasteiger partial charge in [-0.05, 0) is 39.0 Å². The zero-order valence-corrected chi connectivity index (χ0v) is 17.0. The van der Waals surface area contributed by atoms with Crippen molar-refractivity contribution < 1.29 is 9.53 Å². The van der Waals surface area contributed by atoms with Crippen molar-refractivity contribution in [2.24, 2.45) is 16.1 Å². The van der Waals surface area contributed by atoms with E-state index in [1.807, 2.05) is 7.05 Å². The molecule has 2 atom stereocenters. The third kappa shape index (κ3) is 4.74. The second kappa shape index (κ2) is 9.24. The second-order valence-electron chi connectivity index (χ2n) is 8.40. The predicted molar refractivity (Wildman–Crippen MR) is 108 cm³/mol. The van der Waals surface area contributed by atoms with Gasteiger partial charge in [0.05, 0.1) is 12.6 Å². The van der Waals surface area contributed by atoms with E-state index in [1.165, 1.54) is 32.1 Å². The first kappa shape index (κ1) is 20.4. The highest BCUT2D eigenvalue weighted by atomic mass is 16.5. The molecule has 3 rings (SSSR count). The number of nitrogens with two attached hydrogens (primary N) is 1. The van der Waals surface area contributed by atoms with Crippen molar-refractivity contribution in [1.29, 1.82) is 0 Å². The van der Waals surface area contributed by atoms with E-state index >= 15 is 0 Å². The molecular formula is C20H37N5O2. The van der Waals surface area contributed by atoms with Gasteiger partial charge in [0.15, 0.2) is 5.96 Å². The standard InChI is InChI=1S/C20H37N5O2/c1-3-27-17-13-16(20(17)9-5-4-6-10-20)24-19(22-2)23-15-7-11-25(12-8-15)14-18(21)26/h15-17H,3-14H2,1-2H3,(H2,21,26)(H2,22,23,24). The predicted octanol–water partition coefficient (Wildman–Crippen LogP) is 1.23. The molecule has 7 heteroatoms. The molecule has 1 spiro atoms. The Morgan fingerprint density at radius 1 is 1.22 bits per heavy atom. The molecule has 7 nitrogen and oxygen atoms in total. The summed E-state index contributed by atoms with van der Waals surface area (Å²) in [6.07, 6.45) is 9.98. The molecule has 0 aromatic carbocycles.